The molecule has 0 saturated heterocycles. The van der Waals surface area contributed by atoms with Crippen LogP contribution in [0.3, 0.4) is 0 Å². The van der Waals surface area contributed by atoms with Crippen molar-refractivity contribution in [2.75, 3.05) is 12.4 Å². The van der Waals surface area contributed by atoms with E-state index in [0.29, 0.717) is 5.82 Å². The Bertz CT molecular complexity index is 961. The fourth-order valence-electron chi connectivity index (χ4n) is 3.40. The third kappa shape index (κ3) is 3.31. The lowest BCUT2D eigenvalue weighted by molar-refractivity contribution is -0.118. The van der Waals surface area contributed by atoms with Crippen LogP contribution in [0, 0.1) is 6.92 Å². The molecule has 3 aromatic rings. The summed E-state index contributed by atoms with van der Waals surface area (Å²) < 4.78 is 5.21. The average molecular weight is 358 g/mol. The summed E-state index contributed by atoms with van der Waals surface area (Å²) in [5.74, 6) is 1.38. The van der Waals surface area contributed by atoms with Gasteiger partial charge in [0.2, 0.25) is 5.91 Å². The van der Waals surface area contributed by atoms with E-state index in [0.717, 1.165) is 41.0 Å². The first kappa shape index (κ1) is 17.3. The number of benzene rings is 2. The van der Waals surface area contributed by atoms with E-state index in [4.69, 9.17) is 9.72 Å². The largest absolute Gasteiger partial charge is 0.497 e. The Balaban J connectivity index is 1.58. The van der Waals surface area contributed by atoms with E-state index in [9.17, 15) is 4.79 Å². The molecule has 1 N–H and O–H groups in total. The maximum absolute atomic E-state index is 13.0. The van der Waals surface area contributed by atoms with Crippen LogP contribution in [0.15, 0.2) is 66.7 Å². The summed E-state index contributed by atoms with van der Waals surface area (Å²) in [4.78, 5) is 17.7. The molecular weight excluding hydrogens is 336 g/mol. The summed E-state index contributed by atoms with van der Waals surface area (Å²) in [5, 5.41) is 3.03. The van der Waals surface area contributed by atoms with Gasteiger partial charge in [-0.05, 0) is 49.1 Å². The normalized spacial score (nSPS) is 14.4. The maximum Gasteiger partial charge on any atom is 0.236 e. The van der Waals surface area contributed by atoms with E-state index >= 15 is 0 Å². The lowest BCUT2D eigenvalue weighted by Crippen LogP contribution is -2.28. The number of nitrogens with one attached hydrogen (secondary N) is 1. The number of methoxy groups -OCH3 is 1. The quantitative estimate of drug-likeness (QED) is 0.717. The Morgan fingerprint density at radius 3 is 2.33 bits per heavy atom. The van der Waals surface area contributed by atoms with Crippen molar-refractivity contribution in [3.63, 3.8) is 0 Å². The van der Waals surface area contributed by atoms with Crippen LogP contribution in [-0.4, -0.2) is 18.0 Å². The highest BCUT2D eigenvalue weighted by Crippen LogP contribution is 2.49. The Labute approximate surface area is 159 Å². The van der Waals surface area contributed by atoms with Crippen molar-refractivity contribution in [3.8, 4) is 17.0 Å². The lowest BCUT2D eigenvalue weighted by Gasteiger charge is -2.16. The van der Waals surface area contributed by atoms with Gasteiger partial charge in [-0.1, -0.05) is 48.5 Å². The summed E-state index contributed by atoms with van der Waals surface area (Å²) in [5.41, 5.74) is 3.59. The van der Waals surface area contributed by atoms with E-state index in [1.807, 2.05) is 73.7 Å². The molecule has 136 valence electrons. The Hall–Kier alpha value is -3.14. The second-order valence-electron chi connectivity index (χ2n) is 6.99. The zero-order valence-electron chi connectivity index (χ0n) is 15.5. The highest BCUT2D eigenvalue weighted by Gasteiger charge is 2.51. The molecule has 0 unspecified atom stereocenters. The number of nitrogens with zero attached hydrogens (tertiary/aromatic N) is 1. The second-order valence-corrected chi connectivity index (χ2v) is 6.99. The topological polar surface area (TPSA) is 51.2 Å². The molecule has 4 rings (SSSR count). The van der Waals surface area contributed by atoms with Crippen LogP contribution in [0.4, 0.5) is 5.82 Å². The third-order valence-corrected chi connectivity index (χ3v) is 5.21. The van der Waals surface area contributed by atoms with Gasteiger partial charge in [-0.25, -0.2) is 4.98 Å². The predicted octanol–water partition coefficient (Wildman–Crippen LogP) is 4.74. The Morgan fingerprint density at radius 2 is 1.70 bits per heavy atom. The van der Waals surface area contributed by atoms with Crippen LogP contribution in [0.2, 0.25) is 0 Å². The minimum atomic E-state index is -0.453. The predicted molar refractivity (Wildman–Crippen MR) is 107 cm³/mol. The number of amides is 1. The Kier molecular flexibility index (Phi) is 4.40. The monoisotopic (exact) mass is 358 g/mol. The summed E-state index contributed by atoms with van der Waals surface area (Å²) in [6, 6.07) is 21.6. The van der Waals surface area contributed by atoms with Crippen molar-refractivity contribution in [1.29, 1.82) is 0 Å². The Morgan fingerprint density at radius 1 is 1.00 bits per heavy atom. The van der Waals surface area contributed by atoms with Gasteiger partial charge >= 0.3 is 0 Å². The lowest BCUT2D eigenvalue weighted by atomic mass is 9.95. The molecule has 1 amide bonds. The molecule has 4 heteroatoms. The number of aryl methyl sites for hydroxylation is 1. The van der Waals surface area contributed by atoms with Crippen LogP contribution in [0.25, 0.3) is 11.3 Å². The van der Waals surface area contributed by atoms with E-state index in [1.165, 1.54) is 0 Å². The van der Waals surface area contributed by atoms with Crippen molar-refractivity contribution in [1.82, 2.24) is 4.98 Å². The number of anilines is 1. The molecule has 1 aromatic heterocycles. The number of hydrogen-bond donors (Lipinski definition) is 1. The first-order valence-electron chi connectivity index (χ1n) is 9.11. The summed E-state index contributed by atoms with van der Waals surface area (Å²) in [6.45, 7) is 2.03. The van der Waals surface area contributed by atoms with Gasteiger partial charge in [-0.3, -0.25) is 4.79 Å². The zero-order valence-corrected chi connectivity index (χ0v) is 15.5. The highest BCUT2D eigenvalue weighted by molar-refractivity contribution is 6.01. The van der Waals surface area contributed by atoms with E-state index in [2.05, 4.69) is 5.32 Å². The minimum absolute atomic E-state index is 0.00281. The number of pyridine rings is 1. The van der Waals surface area contributed by atoms with Crippen LogP contribution >= 0.6 is 0 Å². The van der Waals surface area contributed by atoms with Gasteiger partial charge in [-0.15, -0.1) is 0 Å². The molecule has 0 spiro atoms. The van der Waals surface area contributed by atoms with Gasteiger partial charge in [0, 0.05) is 5.56 Å². The van der Waals surface area contributed by atoms with Gasteiger partial charge in [0.1, 0.15) is 11.6 Å². The SMILES string of the molecule is COc1ccc(C2(C(=O)Nc3ccc(C)c(-c4ccccc4)n3)CC2)cc1. The van der Waals surface area contributed by atoms with Gasteiger partial charge in [0.25, 0.3) is 0 Å². The highest BCUT2D eigenvalue weighted by atomic mass is 16.5. The van der Waals surface area contributed by atoms with Crippen molar-refractivity contribution >= 4 is 11.7 Å². The van der Waals surface area contributed by atoms with Crippen molar-refractivity contribution in [3.05, 3.63) is 77.9 Å². The van der Waals surface area contributed by atoms with Gasteiger partial charge in [0.05, 0.1) is 18.2 Å². The molecule has 4 nitrogen and oxygen atoms in total. The first-order chi connectivity index (χ1) is 13.1. The third-order valence-electron chi connectivity index (χ3n) is 5.21. The second kappa shape index (κ2) is 6.88. The molecule has 0 radical (unpaired) electrons. The summed E-state index contributed by atoms with van der Waals surface area (Å²) in [7, 11) is 1.64. The average Bonchev–Trinajstić information content (AvgIpc) is 3.52. The molecule has 1 fully saturated rings. The standard InChI is InChI=1S/C23H22N2O2/c1-16-8-13-20(24-21(16)17-6-4-3-5-7-17)25-22(26)23(14-15-23)18-9-11-19(27-2)12-10-18/h3-13H,14-15H2,1-2H3,(H,24,25,26). The number of aromatic nitrogens is 1. The molecule has 1 saturated carbocycles. The molecule has 1 aliphatic rings. The molecule has 27 heavy (non-hydrogen) atoms. The molecule has 0 bridgehead atoms. The summed E-state index contributed by atoms with van der Waals surface area (Å²) >= 11 is 0. The number of carbonyl (C=O) groups excluding carboxylic acids is 1. The number of rotatable bonds is 5. The number of carbonyl (C=O) groups is 1. The zero-order chi connectivity index (χ0) is 18.9. The molecule has 1 heterocycles. The van der Waals surface area contributed by atoms with Gasteiger partial charge < -0.3 is 10.1 Å². The summed E-state index contributed by atoms with van der Waals surface area (Å²) in [6.07, 6.45) is 1.70. The van der Waals surface area contributed by atoms with Crippen LogP contribution in [0.5, 0.6) is 5.75 Å². The van der Waals surface area contributed by atoms with Crippen LogP contribution in [0.1, 0.15) is 24.0 Å². The van der Waals surface area contributed by atoms with E-state index in [-0.39, 0.29) is 5.91 Å². The van der Waals surface area contributed by atoms with E-state index in [1.54, 1.807) is 7.11 Å². The smallest absolute Gasteiger partial charge is 0.236 e. The molecule has 1 aliphatic carbocycles. The van der Waals surface area contributed by atoms with Crippen LogP contribution < -0.4 is 10.1 Å². The molecule has 0 atom stereocenters. The molecule has 0 aliphatic heterocycles. The maximum atomic E-state index is 13.0. The number of hydrogen-bond acceptors (Lipinski definition) is 3. The van der Waals surface area contributed by atoms with Gasteiger partial charge in [0.15, 0.2) is 0 Å². The van der Waals surface area contributed by atoms with E-state index < -0.39 is 5.41 Å². The molecular formula is C23H22N2O2. The van der Waals surface area contributed by atoms with Crippen molar-refractivity contribution in [2.45, 2.75) is 25.2 Å². The molecule has 2 aromatic carbocycles. The van der Waals surface area contributed by atoms with Crippen molar-refractivity contribution < 1.29 is 9.53 Å². The minimum Gasteiger partial charge on any atom is -0.497 e. The van der Waals surface area contributed by atoms with Crippen molar-refractivity contribution in [2.24, 2.45) is 0 Å². The fraction of sp³-hybridized carbons (Fsp3) is 0.217. The fourth-order valence-corrected chi connectivity index (χ4v) is 3.40. The van der Waals surface area contributed by atoms with Crippen LogP contribution in [-0.2, 0) is 10.2 Å². The van der Waals surface area contributed by atoms with Gasteiger partial charge in [-0.2, -0.15) is 0 Å². The number of ether oxygens (including phenoxy) is 1. The first-order valence-corrected chi connectivity index (χ1v) is 9.11.